The minimum absolute atomic E-state index is 0.190. The van der Waals surface area contributed by atoms with E-state index in [-0.39, 0.29) is 18.5 Å². The molecule has 10 heteroatoms. The summed E-state index contributed by atoms with van der Waals surface area (Å²) in [5.41, 5.74) is 1.00. The highest BCUT2D eigenvalue weighted by molar-refractivity contribution is 6.06. The van der Waals surface area contributed by atoms with Crippen molar-refractivity contribution in [2.24, 2.45) is 0 Å². The van der Waals surface area contributed by atoms with E-state index >= 15 is 0 Å². The van der Waals surface area contributed by atoms with Crippen LogP contribution in [0.25, 0.3) is 10.8 Å². The van der Waals surface area contributed by atoms with Crippen molar-refractivity contribution in [3.63, 3.8) is 0 Å². The Morgan fingerprint density at radius 2 is 1.87 bits per heavy atom. The van der Waals surface area contributed by atoms with Crippen molar-refractivity contribution in [3.8, 4) is 0 Å². The van der Waals surface area contributed by atoms with E-state index in [9.17, 15) is 18.0 Å². The monoisotopic (exact) mass is 431 g/mol. The van der Waals surface area contributed by atoms with E-state index < -0.39 is 12.0 Å². The van der Waals surface area contributed by atoms with Gasteiger partial charge in [-0.1, -0.05) is 12.1 Å². The molecule has 1 aliphatic rings. The Balaban J connectivity index is 1.55. The van der Waals surface area contributed by atoms with Crippen molar-refractivity contribution in [3.05, 3.63) is 66.0 Å². The van der Waals surface area contributed by atoms with E-state index in [0.717, 1.165) is 10.8 Å². The van der Waals surface area contributed by atoms with E-state index in [1.807, 2.05) is 11.0 Å². The number of ether oxygens (including phenoxy) is 1. The van der Waals surface area contributed by atoms with Crippen LogP contribution in [0.3, 0.4) is 0 Å². The molecule has 3 aromatic rings. The molecule has 0 bridgehead atoms. The number of pyridine rings is 1. The second-order valence-electron chi connectivity index (χ2n) is 7.11. The average Bonchev–Trinajstić information content (AvgIpc) is 2.79. The number of fused-ring (bicyclic) bond motifs is 1. The second kappa shape index (κ2) is 8.94. The summed E-state index contributed by atoms with van der Waals surface area (Å²) < 4.78 is 43.9. The van der Waals surface area contributed by atoms with Crippen molar-refractivity contribution in [2.75, 3.05) is 32.8 Å². The molecule has 0 spiro atoms. The third-order valence-corrected chi connectivity index (χ3v) is 5.18. The molecule has 2 aromatic heterocycles. The highest BCUT2D eigenvalue weighted by Crippen LogP contribution is 2.27. The normalized spacial score (nSPS) is 16.2. The molecule has 3 heterocycles. The number of alkyl halides is 3. The number of hydrogen-bond donors (Lipinski definition) is 1. The van der Waals surface area contributed by atoms with E-state index in [4.69, 9.17) is 4.74 Å². The fraction of sp³-hybridized carbons (Fsp3) is 0.333. The van der Waals surface area contributed by atoms with Gasteiger partial charge in [0.05, 0.1) is 19.3 Å². The maximum Gasteiger partial charge on any atom is 0.451 e. The number of morpholine rings is 1. The van der Waals surface area contributed by atoms with Crippen molar-refractivity contribution in [1.29, 1.82) is 0 Å². The van der Waals surface area contributed by atoms with E-state index in [0.29, 0.717) is 37.4 Å². The molecule has 4 rings (SSSR count). The van der Waals surface area contributed by atoms with Crippen molar-refractivity contribution in [1.82, 2.24) is 25.2 Å². The van der Waals surface area contributed by atoms with Gasteiger partial charge in [0.25, 0.3) is 5.91 Å². The number of carbonyl (C=O) groups is 1. The number of nitrogens with zero attached hydrogens (tertiary/aromatic N) is 4. The highest BCUT2D eigenvalue weighted by Gasteiger charge is 2.35. The van der Waals surface area contributed by atoms with Crippen LogP contribution in [0.5, 0.6) is 0 Å². The maximum atomic E-state index is 12.9. The Morgan fingerprint density at radius 3 is 2.58 bits per heavy atom. The molecule has 1 atom stereocenters. The molecule has 0 saturated carbocycles. The van der Waals surface area contributed by atoms with E-state index in [2.05, 4.69) is 20.3 Å². The molecular formula is C21H20F3N5O2. The third-order valence-electron chi connectivity index (χ3n) is 5.18. The fourth-order valence-corrected chi connectivity index (χ4v) is 3.61. The lowest BCUT2D eigenvalue weighted by Gasteiger charge is -2.34. The topological polar surface area (TPSA) is 80.2 Å². The van der Waals surface area contributed by atoms with Crippen LogP contribution in [0.2, 0.25) is 0 Å². The Kier molecular flexibility index (Phi) is 6.10. The maximum absolute atomic E-state index is 12.9. The number of aromatic nitrogens is 3. The number of amides is 1. The van der Waals surface area contributed by atoms with Crippen molar-refractivity contribution >= 4 is 16.7 Å². The first-order chi connectivity index (χ1) is 14.9. The molecular weight excluding hydrogens is 411 g/mol. The zero-order chi connectivity index (χ0) is 21.8. The predicted octanol–water partition coefficient (Wildman–Crippen LogP) is 2.85. The Bertz CT molecular complexity index is 1050. The van der Waals surface area contributed by atoms with Gasteiger partial charge in [-0.2, -0.15) is 13.2 Å². The van der Waals surface area contributed by atoms with Gasteiger partial charge in [-0.3, -0.25) is 14.7 Å². The minimum atomic E-state index is -4.61. The molecule has 31 heavy (non-hydrogen) atoms. The summed E-state index contributed by atoms with van der Waals surface area (Å²) in [5.74, 6) is -1.46. The summed E-state index contributed by atoms with van der Waals surface area (Å²) in [7, 11) is 0. The Labute approximate surface area is 176 Å². The van der Waals surface area contributed by atoms with Gasteiger partial charge in [0, 0.05) is 60.9 Å². The van der Waals surface area contributed by atoms with Crippen LogP contribution in [0.1, 0.15) is 27.8 Å². The van der Waals surface area contributed by atoms with Gasteiger partial charge in [-0.15, -0.1) is 0 Å². The smallest absolute Gasteiger partial charge is 0.379 e. The molecule has 1 N–H and O–H groups in total. The Morgan fingerprint density at radius 1 is 1.13 bits per heavy atom. The number of rotatable bonds is 5. The number of halogens is 3. The molecule has 0 radical (unpaired) electrons. The predicted molar refractivity (Wildman–Crippen MR) is 106 cm³/mol. The van der Waals surface area contributed by atoms with E-state index in [1.54, 1.807) is 30.6 Å². The van der Waals surface area contributed by atoms with Crippen LogP contribution < -0.4 is 5.32 Å². The van der Waals surface area contributed by atoms with Gasteiger partial charge in [-0.25, -0.2) is 9.97 Å². The zero-order valence-electron chi connectivity index (χ0n) is 16.5. The molecule has 1 saturated heterocycles. The highest BCUT2D eigenvalue weighted by atomic mass is 19.4. The summed E-state index contributed by atoms with van der Waals surface area (Å²) in [4.78, 5) is 26.0. The summed E-state index contributed by atoms with van der Waals surface area (Å²) in [6.07, 6.45) is 1.04. The van der Waals surface area contributed by atoms with Crippen LogP contribution in [-0.2, 0) is 10.9 Å². The molecule has 1 unspecified atom stereocenters. The summed E-state index contributed by atoms with van der Waals surface area (Å²) in [6.45, 7) is 2.36. The largest absolute Gasteiger partial charge is 0.451 e. The summed E-state index contributed by atoms with van der Waals surface area (Å²) >= 11 is 0. The van der Waals surface area contributed by atoms with Crippen molar-refractivity contribution < 1.29 is 22.7 Å². The molecule has 1 aromatic carbocycles. The number of benzene rings is 1. The van der Waals surface area contributed by atoms with Crippen LogP contribution in [0.15, 0.2) is 49.1 Å². The van der Waals surface area contributed by atoms with Gasteiger partial charge in [0.2, 0.25) is 5.82 Å². The van der Waals surface area contributed by atoms with Crippen LogP contribution in [0, 0.1) is 0 Å². The standard InChI is InChI=1S/C21H20F3N5O2/c22-21(23,24)20-27-11-15(12-28-20)18(29-6-8-31-9-7-29)13-26-19(30)17-3-1-2-14-10-25-5-4-16(14)17/h1-5,10-12,18H,6-9,13H2,(H,26,30). The third kappa shape index (κ3) is 4.80. The quantitative estimate of drug-likeness (QED) is 0.669. The lowest BCUT2D eigenvalue weighted by molar-refractivity contribution is -0.145. The average molecular weight is 431 g/mol. The first-order valence-corrected chi connectivity index (χ1v) is 9.75. The van der Waals surface area contributed by atoms with Gasteiger partial charge >= 0.3 is 6.18 Å². The molecule has 1 amide bonds. The lowest BCUT2D eigenvalue weighted by atomic mass is 10.0. The minimum Gasteiger partial charge on any atom is -0.379 e. The lowest BCUT2D eigenvalue weighted by Crippen LogP contribution is -2.44. The molecule has 162 valence electrons. The second-order valence-corrected chi connectivity index (χ2v) is 7.11. The Hall–Kier alpha value is -3.11. The van der Waals surface area contributed by atoms with Gasteiger partial charge in [0.1, 0.15) is 0 Å². The van der Waals surface area contributed by atoms with Gasteiger partial charge in [-0.05, 0) is 17.5 Å². The molecule has 0 aliphatic carbocycles. The molecule has 7 nitrogen and oxygen atoms in total. The molecule has 1 aliphatic heterocycles. The first-order valence-electron chi connectivity index (χ1n) is 9.75. The molecule has 1 fully saturated rings. The van der Waals surface area contributed by atoms with Gasteiger partial charge < -0.3 is 10.1 Å². The van der Waals surface area contributed by atoms with Crippen molar-refractivity contribution in [2.45, 2.75) is 12.2 Å². The number of hydrogen-bond acceptors (Lipinski definition) is 6. The number of carbonyl (C=O) groups excluding carboxylic acids is 1. The fourth-order valence-electron chi connectivity index (χ4n) is 3.61. The zero-order valence-corrected chi connectivity index (χ0v) is 16.5. The summed E-state index contributed by atoms with van der Waals surface area (Å²) in [6, 6.07) is 6.76. The first kappa shape index (κ1) is 21.1. The van der Waals surface area contributed by atoms with Gasteiger partial charge in [0.15, 0.2) is 0 Å². The van der Waals surface area contributed by atoms with E-state index in [1.165, 1.54) is 12.4 Å². The summed E-state index contributed by atoms with van der Waals surface area (Å²) in [5, 5.41) is 4.53. The number of nitrogens with one attached hydrogen (secondary N) is 1. The van der Waals surface area contributed by atoms with Crippen LogP contribution in [-0.4, -0.2) is 58.6 Å². The van der Waals surface area contributed by atoms with Crippen LogP contribution in [0.4, 0.5) is 13.2 Å². The van der Waals surface area contributed by atoms with Crippen LogP contribution >= 0.6 is 0 Å². The SMILES string of the molecule is O=C(NCC(c1cnc(C(F)(F)F)nc1)N1CCOCC1)c1cccc2cnccc12.